The van der Waals surface area contributed by atoms with Gasteiger partial charge in [-0.1, -0.05) is 65.8 Å². The third-order valence-corrected chi connectivity index (χ3v) is 3.77. The number of oxime groups is 1. The summed E-state index contributed by atoms with van der Waals surface area (Å²) in [6.45, 7) is 0.533. The topological polar surface area (TPSA) is 41.8 Å². The van der Waals surface area contributed by atoms with Crippen LogP contribution >= 0.6 is 0 Å². The van der Waals surface area contributed by atoms with E-state index in [4.69, 9.17) is 4.74 Å². The number of ether oxygens (including phenoxy) is 1. The van der Waals surface area contributed by atoms with Gasteiger partial charge < -0.3 is 9.94 Å². The van der Waals surface area contributed by atoms with Crippen LogP contribution < -0.4 is 4.74 Å². The monoisotopic (exact) mass is 317 g/mol. The van der Waals surface area contributed by atoms with Crippen LogP contribution in [0.5, 0.6) is 5.75 Å². The summed E-state index contributed by atoms with van der Waals surface area (Å²) in [6.07, 6.45) is 0.585. The molecular formula is C21H19NO2. The van der Waals surface area contributed by atoms with Gasteiger partial charge in [0.1, 0.15) is 12.4 Å². The van der Waals surface area contributed by atoms with E-state index >= 15 is 0 Å². The lowest BCUT2D eigenvalue weighted by atomic mass is 10.0. The predicted molar refractivity (Wildman–Crippen MR) is 95.7 cm³/mol. The molecule has 0 aromatic heterocycles. The fraction of sp³-hybridized carbons (Fsp3) is 0.0952. The van der Waals surface area contributed by atoms with Gasteiger partial charge in [-0.25, -0.2) is 0 Å². The summed E-state index contributed by atoms with van der Waals surface area (Å²) in [6, 6.07) is 27.6. The molecule has 3 heteroatoms. The van der Waals surface area contributed by atoms with Gasteiger partial charge in [-0.2, -0.15) is 0 Å². The Morgan fingerprint density at radius 1 is 0.750 bits per heavy atom. The van der Waals surface area contributed by atoms with Crippen molar-refractivity contribution in [2.45, 2.75) is 13.0 Å². The highest BCUT2D eigenvalue weighted by Crippen LogP contribution is 2.16. The highest BCUT2D eigenvalue weighted by Gasteiger charge is 2.06. The molecule has 0 saturated heterocycles. The van der Waals surface area contributed by atoms with Crippen molar-refractivity contribution in [3.8, 4) is 5.75 Å². The van der Waals surface area contributed by atoms with E-state index in [0.717, 1.165) is 22.4 Å². The minimum atomic E-state index is 0.533. The number of hydrogen-bond donors (Lipinski definition) is 1. The Morgan fingerprint density at radius 3 is 1.92 bits per heavy atom. The molecule has 0 unspecified atom stereocenters. The molecule has 120 valence electrons. The molecule has 0 bridgehead atoms. The van der Waals surface area contributed by atoms with E-state index in [1.165, 1.54) is 0 Å². The highest BCUT2D eigenvalue weighted by molar-refractivity contribution is 6.01. The van der Waals surface area contributed by atoms with E-state index < -0.39 is 0 Å². The average molecular weight is 317 g/mol. The van der Waals surface area contributed by atoms with Gasteiger partial charge in [0.15, 0.2) is 0 Å². The van der Waals surface area contributed by atoms with E-state index in [2.05, 4.69) is 5.16 Å². The predicted octanol–water partition coefficient (Wildman–Crippen LogP) is 4.69. The summed E-state index contributed by atoms with van der Waals surface area (Å²) < 4.78 is 5.78. The second-order valence-corrected chi connectivity index (χ2v) is 5.51. The number of nitrogens with zero attached hydrogens (tertiary/aromatic N) is 1. The van der Waals surface area contributed by atoms with Crippen LogP contribution in [0.2, 0.25) is 0 Å². The van der Waals surface area contributed by atoms with Crippen molar-refractivity contribution in [3.05, 3.63) is 102 Å². The Kier molecular flexibility index (Phi) is 5.25. The average Bonchev–Trinajstić information content (AvgIpc) is 2.67. The normalized spacial score (nSPS) is 11.2. The second-order valence-electron chi connectivity index (χ2n) is 5.51. The van der Waals surface area contributed by atoms with Crippen LogP contribution in [0.3, 0.4) is 0 Å². The minimum Gasteiger partial charge on any atom is -0.489 e. The van der Waals surface area contributed by atoms with E-state index in [0.29, 0.717) is 18.7 Å². The molecule has 0 amide bonds. The van der Waals surface area contributed by atoms with Gasteiger partial charge in [-0.15, -0.1) is 0 Å². The summed E-state index contributed by atoms with van der Waals surface area (Å²) in [5.41, 5.74) is 3.75. The standard InChI is InChI=1S/C21H19NO2/c23-22-21(15-17-7-3-1-4-8-17)19-11-13-20(14-12-19)24-16-18-9-5-2-6-10-18/h1-14,23H,15-16H2/b22-21+. The lowest BCUT2D eigenvalue weighted by molar-refractivity contribution is 0.306. The molecule has 0 fully saturated rings. The fourth-order valence-corrected chi connectivity index (χ4v) is 2.47. The number of rotatable bonds is 6. The summed E-state index contributed by atoms with van der Waals surface area (Å²) in [5.74, 6) is 0.791. The van der Waals surface area contributed by atoms with Crippen molar-refractivity contribution in [2.75, 3.05) is 0 Å². The number of benzene rings is 3. The van der Waals surface area contributed by atoms with Crippen LogP contribution in [-0.2, 0) is 13.0 Å². The zero-order valence-corrected chi connectivity index (χ0v) is 13.3. The molecule has 0 saturated carbocycles. The molecule has 1 N–H and O–H groups in total. The quantitative estimate of drug-likeness (QED) is 0.407. The lowest BCUT2D eigenvalue weighted by Crippen LogP contribution is -2.05. The SMILES string of the molecule is O/N=C(\Cc1ccccc1)c1ccc(OCc2ccccc2)cc1. The van der Waals surface area contributed by atoms with Gasteiger partial charge in [0.25, 0.3) is 0 Å². The molecule has 3 aromatic carbocycles. The first-order valence-electron chi connectivity index (χ1n) is 7.87. The van der Waals surface area contributed by atoms with Gasteiger partial charge in [-0.3, -0.25) is 0 Å². The summed E-state index contributed by atoms with van der Waals surface area (Å²) in [5, 5.41) is 12.8. The Morgan fingerprint density at radius 2 is 1.33 bits per heavy atom. The minimum absolute atomic E-state index is 0.533. The van der Waals surface area contributed by atoms with Crippen LogP contribution in [-0.4, -0.2) is 10.9 Å². The van der Waals surface area contributed by atoms with Crippen LogP contribution in [0.15, 0.2) is 90.1 Å². The van der Waals surface area contributed by atoms with Crippen molar-refractivity contribution < 1.29 is 9.94 Å². The molecule has 0 aliphatic rings. The van der Waals surface area contributed by atoms with Crippen LogP contribution in [0.4, 0.5) is 0 Å². The fourth-order valence-electron chi connectivity index (χ4n) is 2.47. The molecule has 3 rings (SSSR count). The summed E-state index contributed by atoms with van der Waals surface area (Å²) in [4.78, 5) is 0. The van der Waals surface area contributed by atoms with Gasteiger partial charge in [-0.05, 0) is 41.0 Å². The van der Waals surface area contributed by atoms with E-state index in [9.17, 15) is 5.21 Å². The first-order valence-corrected chi connectivity index (χ1v) is 7.87. The van der Waals surface area contributed by atoms with Crippen molar-refractivity contribution >= 4 is 5.71 Å². The largest absolute Gasteiger partial charge is 0.489 e. The molecule has 0 heterocycles. The van der Waals surface area contributed by atoms with Gasteiger partial charge in [0, 0.05) is 6.42 Å². The van der Waals surface area contributed by atoms with Crippen molar-refractivity contribution in [3.63, 3.8) is 0 Å². The summed E-state index contributed by atoms with van der Waals surface area (Å²) >= 11 is 0. The van der Waals surface area contributed by atoms with Gasteiger partial charge >= 0.3 is 0 Å². The smallest absolute Gasteiger partial charge is 0.119 e. The molecular weight excluding hydrogens is 298 g/mol. The third kappa shape index (κ3) is 4.23. The first kappa shape index (κ1) is 15.8. The van der Waals surface area contributed by atoms with Gasteiger partial charge in [0.05, 0.1) is 5.71 Å². The molecule has 0 aliphatic carbocycles. The van der Waals surface area contributed by atoms with Crippen LogP contribution in [0.1, 0.15) is 16.7 Å². The van der Waals surface area contributed by atoms with E-state index in [1.807, 2.05) is 84.9 Å². The Labute approximate surface area is 141 Å². The maximum atomic E-state index is 9.32. The molecule has 3 nitrogen and oxygen atoms in total. The molecule has 0 radical (unpaired) electrons. The molecule has 3 aromatic rings. The van der Waals surface area contributed by atoms with Crippen molar-refractivity contribution in [1.82, 2.24) is 0 Å². The molecule has 0 aliphatic heterocycles. The lowest BCUT2D eigenvalue weighted by Gasteiger charge is -2.08. The Bertz CT molecular complexity index is 781. The third-order valence-electron chi connectivity index (χ3n) is 3.77. The molecule has 0 atom stereocenters. The van der Waals surface area contributed by atoms with Crippen molar-refractivity contribution in [1.29, 1.82) is 0 Å². The number of hydrogen-bond acceptors (Lipinski definition) is 3. The second kappa shape index (κ2) is 7.97. The maximum Gasteiger partial charge on any atom is 0.119 e. The van der Waals surface area contributed by atoms with Crippen molar-refractivity contribution in [2.24, 2.45) is 5.16 Å². The highest BCUT2D eigenvalue weighted by atomic mass is 16.5. The molecule has 24 heavy (non-hydrogen) atoms. The Hall–Kier alpha value is -3.07. The first-order chi connectivity index (χ1) is 11.8. The van der Waals surface area contributed by atoms with E-state index in [-0.39, 0.29) is 0 Å². The van der Waals surface area contributed by atoms with Crippen LogP contribution in [0.25, 0.3) is 0 Å². The molecule has 0 spiro atoms. The zero-order valence-electron chi connectivity index (χ0n) is 13.3. The van der Waals surface area contributed by atoms with E-state index in [1.54, 1.807) is 0 Å². The maximum absolute atomic E-state index is 9.32. The van der Waals surface area contributed by atoms with Crippen LogP contribution in [0, 0.1) is 0 Å². The van der Waals surface area contributed by atoms with Gasteiger partial charge in [0.2, 0.25) is 0 Å². The Balaban J connectivity index is 1.64. The zero-order chi connectivity index (χ0) is 16.6. The summed E-state index contributed by atoms with van der Waals surface area (Å²) in [7, 11) is 0.